The van der Waals surface area contributed by atoms with Gasteiger partial charge in [0.2, 0.25) is 0 Å². The second-order valence-electron chi connectivity index (χ2n) is 4.33. The number of hydrogen-bond donors (Lipinski definition) is 2. The molecular formula is C10H23NO. The molecule has 0 aromatic heterocycles. The number of nitrogens with two attached hydrogens (primary N) is 1. The van der Waals surface area contributed by atoms with Crippen molar-refractivity contribution >= 4 is 0 Å². The van der Waals surface area contributed by atoms with Gasteiger partial charge in [0.15, 0.2) is 0 Å². The average molecular weight is 173 g/mol. The second-order valence-corrected chi connectivity index (χ2v) is 4.33. The Labute approximate surface area is 76.2 Å². The third-order valence-corrected chi connectivity index (χ3v) is 2.73. The van der Waals surface area contributed by atoms with Crippen LogP contribution in [0, 0.1) is 11.8 Å². The highest BCUT2D eigenvalue weighted by Gasteiger charge is 2.28. The van der Waals surface area contributed by atoms with E-state index in [1.165, 1.54) is 0 Å². The van der Waals surface area contributed by atoms with Crippen molar-refractivity contribution in [3.63, 3.8) is 0 Å². The average Bonchev–Trinajstić information content (AvgIpc) is 1.96. The van der Waals surface area contributed by atoms with Crippen molar-refractivity contribution in [3.05, 3.63) is 0 Å². The van der Waals surface area contributed by atoms with Gasteiger partial charge in [-0.25, -0.2) is 0 Å². The molecule has 2 unspecified atom stereocenters. The summed E-state index contributed by atoms with van der Waals surface area (Å²) in [4.78, 5) is 0. The van der Waals surface area contributed by atoms with Gasteiger partial charge in [0.1, 0.15) is 0 Å². The molecule has 0 amide bonds. The summed E-state index contributed by atoms with van der Waals surface area (Å²) in [7, 11) is 0. The van der Waals surface area contributed by atoms with Crippen molar-refractivity contribution < 1.29 is 5.11 Å². The Bertz CT molecular complexity index is 117. The molecule has 2 heteroatoms. The summed E-state index contributed by atoms with van der Waals surface area (Å²) < 4.78 is 0. The van der Waals surface area contributed by atoms with Crippen LogP contribution in [0.15, 0.2) is 0 Å². The number of aliphatic hydroxyl groups excluding tert-OH is 1. The Morgan fingerprint density at radius 2 is 1.92 bits per heavy atom. The molecule has 0 aliphatic rings. The summed E-state index contributed by atoms with van der Waals surface area (Å²) >= 11 is 0. The molecule has 0 aliphatic carbocycles. The van der Waals surface area contributed by atoms with E-state index in [-0.39, 0.29) is 12.1 Å². The van der Waals surface area contributed by atoms with E-state index in [2.05, 4.69) is 13.8 Å². The predicted octanol–water partition coefficient (Wildman–Crippen LogP) is 1.77. The van der Waals surface area contributed by atoms with E-state index in [1.54, 1.807) is 0 Å². The van der Waals surface area contributed by atoms with Crippen molar-refractivity contribution in [2.75, 3.05) is 6.61 Å². The zero-order valence-corrected chi connectivity index (χ0v) is 8.80. The Balaban J connectivity index is 4.22. The fraction of sp³-hybridized carbons (Fsp3) is 1.00. The molecule has 0 spiro atoms. The lowest BCUT2D eigenvalue weighted by Gasteiger charge is -2.34. The van der Waals surface area contributed by atoms with Crippen LogP contribution in [-0.4, -0.2) is 17.3 Å². The molecule has 0 rings (SSSR count). The fourth-order valence-electron chi connectivity index (χ4n) is 1.81. The van der Waals surface area contributed by atoms with E-state index in [0.717, 1.165) is 12.8 Å². The van der Waals surface area contributed by atoms with Gasteiger partial charge < -0.3 is 10.8 Å². The lowest BCUT2D eigenvalue weighted by atomic mass is 9.76. The highest BCUT2D eigenvalue weighted by Crippen LogP contribution is 2.27. The molecule has 0 fully saturated rings. The largest absolute Gasteiger partial charge is 0.396 e. The summed E-state index contributed by atoms with van der Waals surface area (Å²) in [5.41, 5.74) is 5.86. The van der Waals surface area contributed by atoms with Gasteiger partial charge in [-0.05, 0) is 32.1 Å². The molecule has 2 nitrogen and oxygen atoms in total. The van der Waals surface area contributed by atoms with Gasteiger partial charge in [-0.15, -0.1) is 0 Å². The van der Waals surface area contributed by atoms with E-state index in [1.807, 2.05) is 13.8 Å². The summed E-state index contributed by atoms with van der Waals surface area (Å²) in [5, 5.41) is 8.89. The number of aliphatic hydroxyl groups is 1. The van der Waals surface area contributed by atoms with Crippen LogP contribution in [0.4, 0.5) is 0 Å². The molecule has 12 heavy (non-hydrogen) atoms. The topological polar surface area (TPSA) is 46.2 Å². The highest BCUT2D eigenvalue weighted by molar-refractivity contribution is 4.84. The lowest BCUT2D eigenvalue weighted by molar-refractivity contribution is 0.163. The molecule has 0 aromatic rings. The van der Waals surface area contributed by atoms with E-state index < -0.39 is 0 Å². The van der Waals surface area contributed by atoms with Gasteiger partial charge in [-0.1, -0.05) is 20.3 Å². The van der Waals surface area contributed by atoms with Crippen LogP contribution in [0.5, 0.6) is 0 Å². The highest BCUT2D eigenvalue weighted by atomic mass is 16.3. The van der Waals surface area contributed by atoms with Crippen LogP contribution in [-0.2, 0) is 0 Å². The van der Waals surface area contributed by atoms with Crippen LogP contribution in [0.25, 0.3) is 0 Å². The van der Waals surface area contributed by atoms with Crippen LogP contribution in [0.3, 0.4) is 0 Å². The quantitative estimate of drug-likeness (QED) is 0.665. The zero-order chi connectivity index (χ0) is 9.78. The van der Waals surface area contributed by atoms with Crippen molar-refractivity contribution in [3.8, 4) is 0 Å². The van der Waals surface area contributed by atoms with Gasteiger partial charge in [0, 0.05) is 12.1 Å². The lowest BCUT2D eigenvalue weighted by Crippen LogP contribution is -2.44. The summed E-state index contributed by atoms with van der Waals surface area (Å²) in [6.07, 6.45) is 1.95. The smallest absolute Gasteiger partial charge is 0.0434 e. The van der Waals surface area contributed by atoms with E-state index in [0.29, 0.717) is 11.8 Å². The summed E-state index contributed by atoms with van der Waals surface area (Å²) in [5.74, 6) is 1.02. The SMILES string of the molecule is CCC(C)C(CCO)C(C)(C)N. The number of rotatable bonds is 5. The molecule has 0 aromatic carbocycles. The van der Waals surface area contributed by atoms with Gasteiger partial charge in [0.05, 0.1) is 0 Å². The number of hydrogen-bond acceptors (Lipinski definition) is 2. The maximum absolute atomic E-state index is 8.89. The van der Waals surface area contributed by atoms with Crippen molar-refractivity contribution in [1.82, 2.24) is 0 Å². The van der Waals surface area contributed by atoms with Crippen molar-refractivity contribution in [2.45, 2.75) is 46.1 Å². The predicted molar refractivity (Wildman–Crippen MR) is 52.9 cm³/mol. The minimum Gasteiger partial charge on any atom is -0.396 e. The molecule has 0 saturated heterocycles. The fourth-order valence-corrected chi connectivity index (χ4v) is 1.81. The summed E-state index contributed by atoms with van der Waals surface area (Å²) in [6, 6.07) is 0. The molecule has 3 N–H and O–H groups in total. The van der Waals surface area contributed by atoms with E-state index in [4.69, 9.17) is 10.8 Å². The molecule has 0 heterocycles. The Kier molecular flexibility index (Phi) is 4.80. The normalized spacial score (nSPS) is 17.5. The molecule has 0 bridgehead atoms. The van der Waals surface area contributed by atoms with Crippen LogP contribution >= 0.6 is 0 Å². The summed E-state index contributed by atoms with van der Waals surface area (Å²) in [6.45, 7) is 8.70. The van der Waals surface area contributed by atoms with Crippen LogP contribution < -0.4 is 5.73 Å². The minimum atomic E-state index is -0.168. The van der Waals surface area contributed by atoms with Gasteiger partial charge >= 0.3 is 0 Å². The van der Waals surface area contributed by atoms with Gasteiger partial charge in [-0.3, -0.25) is 0 Å². The van der Waals surface area contributed by atoms with E-state index >= 15 is 0 Å². The first kappa shape index (κ1) is 11.9. The third kappa shape index (κ3) is 3.55. The van der Waals surface area contributed by atoms with Gasteiger partial charge in [0.25, 0.3) is 0 Å². The first-order valence-corrected chi connectivity index (χ1v) is 4.83. The Hall–Kier alpha value is -0.0800. The van der Waals surface area contributed by atoms with Crippen molar-refractivity contribution in [1.29, 1.82) is 0 Å². The molecule has 0 aliphatic heterocycles. The molecule has 0 radical (unpaired) electrons. The Morgan fingerprint density at radius 1 is 1.42 bits per heavy atom. The van der Waals surface area contributed by atoms with Gasteiger partial charge in [-0.2, -0.15) is 0 Å². The monoisotopic (exact) mass is 173 g/mol. The molecular weight excluding hydrogens is 150 g/mol. The first-order valence-electron chi connectivity index (χ1n) is 4.83. The maximum Gasteiger partial charge on any atom is 0.0434 e. The standard InChI is InChI=1S/C10H23NO/c1-5-8(2)9(6-7-12)10(3,4)11/h8-9,12H,5-7,11H2,1-4H3. The zero-order valence-electron chi connectivity index (χ0n) is 8.80. The third-order valence-electron chi connectivity index (χ3n) is 2.73. The second kappa shape index (κ2) is 4.83. The maximum atomic E-state index is 8.89. The van der Waals surface area contributed by atoms with Crippen molar-refractivity contribution in [2.24, 2.45) is 17.6 Å². The molecule has 74 valence electrons. The van der Waals surface area contributed by atoms with Crippen LogP contribution in [0.1, 0.15) is 40.5 Å². The molecule has 0 saturated carbocycles. The first-order chi connectivity index (χ1) is 5.43. The Morgan fingerprint density at radius 3 is 2.17 bits per heavy atom. The van der Waals surface area contributed by atoms with E-state index in [9.17, 15) is 0 Å². The molecule has 2 atom stereocenters. The van der Waals surface area contributed by atoms with Crippen LogP contribution in [0.2, 0.25) is 0 Å². The minimum absolute atomic E-state index is 0.168.